The summed E-state index contributed by atoms with van der Waals surface area (Å²) in [5, 5.41) is 13.5. The van der Waals surface area contributed by atoms with Crippen LogP contribution in [0.1, 0.15) is 113 Å². The van der Waals surface area contributed by atoms with Crippen LogP contribution in [-0.2, 0) is 9.47 Å². The third-order valence-electron chi connectivity index (χ3n) is 14.2. The summed E-state index contributed by atoms with van der Waals surface area (Å²) < 4.78 is 11.8. The number of ether oxygens (including phenoxy) is 2. The highest BCUT2D eigenvalue weighted by Crippen LogP contribution is 2.89. The minimum atomic E-state index is -0.372. The molecule has 6 unspecified atom stereocenters. The first-order chi connectivity index (χ1) is 17.7. The SMILES string of the molecule is CNC(=O)O[C@H](C(C)C)C(C[C@@H](C)[C@H]1CC[C@@]2(C)C3CC[C@H]4C(C)(C)C(O)CCC45CC35CCC12C)OC. The smallest absolute Gasteiger partial charge is 0.407 e. The van der Waals surface area contributed by atoms with Crippen molar-refractivity contribution in [1.29, 1.82) is 0 Å². The van der Waals surface area contributed by atoms with E-state index in [1.807, 2.05) is 0 Å². The minimum absolute atomic E-state index is 0.0555. The second-order valence-corrected chi connectivity index (χ2v) is 15.9. The molecular formula is C33H57NO4. The fourth-order valence-electron chi connectivity index (χ4n) is 12.0. The van der Waals surface area contributed by atoms with E-state index in [1.54, 1.807) is 14.2 Å². The number of alkyl carbamates (subject to hydrolysis) is 1. The number of amides is 1. The Balaban J connectivity index is 1.36. The summed E-state index contributed by atoms with van der Waals surface area (Å²) in [6.07, 6.45) is 11.8. The van der Waals surface area contributed by atoms with E-state index >= 15 is 0 Å². The molecule has 5 fully saturated rings. The van der Waals surface area contributed by atoms with Gasteiger partial charge in [-0.15, -0.1) is 0 Å². The van der Waals surface area contributed by atoms with Gasteiger partial charge in [0.15, 0.2) is 0 Å². The molecule has 2 N–H and O–H groups in total. The molecule has 2 spiro atoms. The Morgan fingerprint density at radius 3 is 2.21 bits per heavy atom. The third-order valence-corrected chi connectivity index (χ3v) is 14.2. The highest BCUT2D eigenvalue weighted by molar-refractivity contribution is 5.66. The lowest BCUT2D eigenvalue weighted by Crippen LogP contribution is -2.57. The van der Waals surface area contributed by atoms with Crippen molar-refractivity contribution in [2.24, 2.45) is 56.7 Å². The fourth-order valence-corrected chi connectivity index (χ4v) is 12.0. The minimum Gasteiger partial charge on any atom is -0.443 e. The lowest BCUT2D eigenvalue weighted by Gasteiger charge is -2.63. The standard InChI is InChI=1S/C33H57NO4/c1-20(2)27(38-28(36)34-8)23(37-9)18-21(3)22-12-14-31(7)25-11-10-24-29(4,5)26(35)13-15-32(24)19-33(25,32)17-16-30(22,31)6/h20-27,35H,10-19H2,1-9H3,(H,34,36)/t21-,22-,23?,24+,25?,26?,27-,30?,31+,32?,33?/m1/s1. The number of methoxy groups -OCH3 is 1. The van der Waals surface area contributed by atoms with Gasteiger partial charge in [-0.05, 0) is 121 Å². The molecule has 0 radical (unpaired) electrons. The number of rotatable bonds is 7. The highest BCUT2D eigenvalue weighted by atomic mass is 16.6. The Kier molecular flexibility index (Phi) is 7.07. The van der Waals surface area contributed by atoms with Crippen molar-refractivity contribution in [2.45, 2.75) is 131 Å². The lowest BCUT2D eigenvalue weighted by molar-refractivity contribution is -0.162. The van der Waals surface area contributed by atoms with Crippen LogP contribution in [0.2, 0.25) is 0 Å². The molecular weight excluding hydrogens is 474 g/mol. The summed E-state index contributed by atoms with van der Waals surface area (Å²) >= 11 is 0. The summed E-state index contributed by atoms with van der Waals surface area (Å²) in [5.41, 5.74) is 1.81. The van der Waals surface area contributed by atoms with Crippen molar-refractivity contribution in [3.63, 3.8) is 0 Å². The Bertz CT molecular complexity index is 919. The first kappa shape index (κ1) is 28.7. The van der Waals surface area contributed by atoms with Crippen molar-refractivity contribution in [1.82, 2.24) is 5.32 Å². The third kappa shape index (κ3) is 3.72. The zero-order valence-electron chi connectivity index (χ0n) is 25.9. The summed E-state index contributed by atoms with van der Waals surface area (Å²) in [6, 6.07) is 0. The predicted octanol–water partition coefficient (Wildman–Crippen LogP) is 7.21. The van der Waals surface area contributed by atoms with Gasteiger partial charge in [0.2, 0.25) is 0 Å². The molecule has 0 aromatic carbocycles. The molecule has 11 atom stereocenters. The van der Waals surface area contributed by atoms with Gasteiger partial charge in [-0.1, -0.05) is 48.5 Å². The van der Waals surface area contributed by atoms with Crippen LogP contribution in [0.25, 0.3) is 0 Å². The quantitative estimate of drug-likeness (QED) is 0.364. The van der Waals surface area contributed by atoms with Crippen molar-refractivity contribution < 1.29 is 19.4 Å². The van der Waals surface area contributed by atoms with Gasteiger partial charge in [0.05, 0.1) is 12.2 Å². The topological polar surface area (TPSA) is 67.8 Å². The molecule has 5 aliphatic carbocycles. The molecule has 5 nitrogen and oxygen atoms in total. The van der Waals surface area contributed by atoms with Gasteiger partial charge < -0.3 is 19.9 Å². The van der Waals surface area contributed by atoms with Crippen LogP contribution >= 0.6 is 0 Å². The number of nitrogens with one attached hydrogen (secondary N) is 1. The first-order valence-electron chi connectivity index (χ1n) is 15.8. The number of fused-ring (bicyclic) bond motifs is 2. The predicted molar refractivity (Wildman–Crippen MR) is 152 cm³/mol. The summed E-state index contributed by atoms with van der Waals surface area (Å²) in [7, 11) is 3.40. The van der Waals surface area contributed by atoms with Crippen molar-refractivity contribution in [2.75, 3.05) is 14.2 Å². The highest BCUT2D eigenvalue weighted by Gasteiger charge is 2.82. The maximum atomic E-state index is 12.1. The number of aliphatic hydroxyl groups excluding tert-OH is 1. The second-order valence-electron chi connectivity index (χ2n) is 15.9. The molecule has 218 valence electrons. The molecule has 5 saturated carbocycles. The van der Waals surface area contributed by atoms with Gasteiger partial charge in [-0.25, -0.2) is 4.79 Å². The normalized spacial score (nSPS) is 47.1. The van der Waals surface area contributed by atoms with Crippen LogP contribution < -0.4 is 5.32 Å². The van der Waals surface area contributed by atoms with Crippen LogP contribution in [0.5, 0.6) is 0 Å². The fraction of sp³-hybridized carbons (Fsp3) is 0.970. The molecule has 1 amide bonds. The van der Waals surface area contributed by atoms with E-state index in [4.69, 9.17) is 9.47 Å². The molecule has 0 aromatic rings. The Hall–Kier alpha value is -0.810. The van der Waals surface area contributed by atoms with Gasteiger partial charge in [0.1, 0.15) is 6.10 Å². The van der Waals surface area contributed by atoms with Gasteiger partial charge in [0, 0.05) is 14.2 Å². The molecule has 5 aliphatic rings. The molecule has 38 heavy (non-hydrogen) atoms. The van der Waals surface area contributed by atoms with E-state index in [-0.39, 0.29) is 35.7 Å². The molecule has 5 heteroatoms. The molecule has 0 bridgehead atoms. The number of aliphatic hydroxyl groups is 1. The Labute approximate surface area is 232 Å². The zero-order valence-corrected chi connectivity index (χ0v) is 25.9. The maximum absolute atomic E-state index is 12.1. The van der Waals surface area contributed by atoms with Crippen molar-refractivity contribution >= 4 is 6.09 Å². The Morgan fingerprint density at radius 2 is 1.58 bits per heavy atom. The van der Waals surface area contributed by atoms with Gasteiger partial charge in [0.25, 0.3) is 0 Å². The van der Waals surface area contributed by atoms with E-state index in [9.17, 15) is 9.90 Å². The maximum Gasteiger partial charge on any atom is 0.407 e. The monoisotopic (exact) mass is 531 g/mol. The zero-order chi connectivity index (χ0) is 27.9. The van der Waals surface area contributed by atoms with E-state index in [0.717, 1.165) is 18.8 Å². The van der Waals surface area contributed by atoms with E-state index in [2.05, 4.69) is 53.8 Å². The number of carbonyl (C=O) groups excluding carboxylic acids is 1. The van der Waals surface area contributed by atoms with Gasteiger partial charge >= 0.3 is 6.09 Å². The largest absolute Gasteiger partial charge is 0.443 e. The number of hydrogen-bond acceptors (Lipinski definition) is 4. The van der Waals surface area contributed by atoms with Crippen LogP contribution in [0, 0.1) is 56.7 Å². The number of carbonyl (C=O) groups is 1. The summed E-state index contributed by atoms with van der Waals surface area (Å²) in [6.45, 7) is 16.7. The molecule has 0 saturated heterocycles. The molecule has 0 heterocycles. The lowest BCUT2D eigenvalue weighted by atomic mass is 9.41. The van der Waals surface area contributed by atoms with Crippen LogP contribution in [0.4, 0.5) is 4.79 Å². The van der Waals surface area contributed by atoms with E-state index < -0.39 is 0 Å². The molecule has 5 rings (SSSR count). The Morgan fingerprint density at radius 1 is 0.921 bits per heavy atom. The number of hydrogen-bond donors (Lipinski definition) is 2. The van der Waals surface area contributed by atoms with Crippen LogP contribution in [-0.4, -0.2) is 43.7 Å². The average molecular weight is 532 g/mol. The van der Waals surface area contributed by atoms with Crippen LogP contribution in [0.3, 0.4) is 0 Å². The van der Waals surface area contributed by atoms with Gasteiger partial charge in [-0.2, -0.15) is 0 Å². The molecule has 0 aromatic heterocycles. The van der Waals surface area contributed by atoms with Crippen molar-refractivity contribution in [3.8, 4) is 0 Å². The average Bonchev–Trinajstić information content (AvgIpc) is 3.45. The first-order valence-corrected chi connectivity index (χ1v) is 15.8. The summed E-state index contributed by atoms with van der Waals surface area (Å²) in [5.74, 6) is 2.90. The summed E-state index contributed by atoms with van der Waals surface area (Å²) in [4.78, 5) is 12.1. The van der Waals surface area contributed by atoms with Crippen LogP contribution in [0.15, 0.2) is 0 Å². The second kappa shape index (κ2) is 9.36. The van der Waals surface area contributed by atoms with Crippen molar-refractivity contribution in [3.05, 3.63) is 0 Å². The van der Waals surface area contributed by atoms with E-state index in [0.29, 0.717) is 39.4 Å². The van der Waals surface area contributed by atoms with Gasteiger partial charge in [-0.3, -0.25) is 0 Å². The molecule has 0 aliphatic heterocycles. The van der Waals surface area contributed by atoms with E-state index in [1.165, 1.54) is 51.4 Å².